The van der Waals surface area contributed by atoms with Gasteiger partial charge in [-0.05, 0) is 13.8 Å². The molecule has 4 nitrogen and oxygen atoms in total. The van der Waals surface area contributed by atoms with E-state index in [1.807, 2.05) is 0 Å². The van der Waals surface area contributed by atoms with Gasteiger partial charge in [0.15, 0.2) is 0 Å². The largest absolute Gasteiger partial charge is 0.313 e. The van der Waals surface area contributed by atoms with E-state index in [2.05, 4.69) is 9.97 Å². The lowest BCUT2D eigenvalue weighted by Gasteiger charge is -2.04. The first-order chi connectivity index (χ1) is 5.61. The van der Waals surface area contributed by atoms with Gasteiger partial charge in [-0.25, -0.2) is 4.98 Å². The van der Waals surface area contributed by atoms with Crippen LogP contribution in [0.2, 0.25) is 0 Å². The second kappa shape index (κ2) is 3.30. The number of aromatic amines is 1. The molecule has 1 heterocycles. The van der Waals surface area contributed by atoms with Gasteiger partial charge in [0.25, 0.3) is 5.56 Å². The fourth-order valence-corrected chi connectivity index (χ4v) is 0.829. The maximum atomic E-state index is 10.9. The number of nitrogens with zero attached hydrogens (tertiary/aromatic N) is 1. The first-order valence-electron chi connectivity index (χ1n) is 3.66. The zero-order valence-electron chi connectivity index (χ0n) is 7.00. The summed E-state index contributed by atoms with van der Waals surface area (Å²) in [6.45, 7) is 3.21. The summed E-state index contributed by atoms with van der Waals surface area (Å²) in [6.07, 6.45) is 1.30. The van der Waals surface area contributed by atoms with Crippen molar-refractivity contribution < 1.29 is 4.79 Å². The number of carbonyl (C=O) groups excluding carboxylic acids is 1. The zero-order chi connectivity index (χ0) is 9.14. The van der Waals surface area contributed by atoms with Crippen molar-refractivity contribution in [2.24, 2.45) is 0 Å². The first kappa shape index (κ1) is 8.64. The van der Waals surface area contributed by atoms with Gasteiger partial charge in [-0.1, -0.05) is 0 Å². The SMILES string of the molecule is CC(=O)C(C)c1cc(=O)[nH]cn1. The third-order valence-corrected chi connectivity index (χ3v) is 1.75. The Kier molecular flexibility index (Phi) is 2.38. The molecule has 12 heavy (non-hydrogen) atoms. The Bertz CT molecular complexity index is 343. The highest BCUT2D eigenvalue weighted by atomic mass is 16.1. The molecule has 0 saturated carbocycles. The van der Waals surface area contributed by atoms with Gasteiger partial charge >= 0.3 is 0 Å². The second-order valence-electron chi connectivity index (χ2n) is 2.67. The summed E-state index contributed by atoms with van der Waals surface area (Å²) in [4.78, 5) is 28.0. The van der Waals surface area contributed by atoms with Crippen LogP contribution in [-0.4, -0.2) is 15.8 Å². The van der Waals surface area contributed by atoms with Crippen molar-refractivity contribution in [3.8, 4) is 0 Å². The summed E-state index contributed by atoms with van der Waals surface area (Å²) in [7, 11) is 0. The molecule has 0 bridgehead atoms. The normalized spacial score (nSPS) is 12.5. The molecule has 0 aliphatic carbocycles. The van der Waals surface area contributed by atoms with Crippen molar-refractivity contribution in [2.45, 2.75) is 19.8 Å². The summed E-state index contributed by atoms with van der Waals surface area (Å²) < 4.78 is 0. The van der Waals surface area contributed by atoms with E-state index in [9.17, 15) is 9.59 Å². The zero-order valence-corrected chi connectivity index (χ0v) is 7.00. The van der Waals surface area contributed by atoms with Gasteiger partial charge in [-0.2, -0.15) is 0 Å². The Morgan fingerprint density at radius 1 is 1.67 bits per heavy atom. The van der Waals surface area contributed by atoms with E-state index in [-0.39, 0.29) is 17.3 Å². The molecule has 1 N–H and O–H groups in total. The van der Waals surface area contributed by atoms with Crippen LogP contribution in [0.25, 0.3) is 0 Å². The third-order valence-electron chi connectivity index (χ3n) is 1.75. The molecule has 1 aromatic heterocycles. The van der Waals surface area contributed by atoms with E-state index in [4.69, 9.17) is 0 Å². The molecule has 0 aliphatic rings. The molecule has 1 unspecified atom stereocenters. The molecule has 0 spiro atoms. The summed E-state index contributed by atoms with van der Waals surface area (Å²) in [6, 6.07) is 1.34. The molecule has 0 fully saturated rings. The van der Waals surface area contributed by atoms with Crippen LogP contribution in [0, 0.1) is 0 Å². The second-order valence-corrected chi connectivity index (χ2v) is 2.67. The predicted octanol–water partition coefficient (Wildman–Crippen LogP) is 0.462. The van der Waals surface area contributed by atoms with E-state index in [0.717, 1.165) is 0 Å². The van der Waals surface area contributed by atoms with Crippen LogP contribution in [-0.2, 0) is 4.79 Å². The van der Waals surface area contributed by atoms with Crippen LogP contribution < -0.4 is 5.56 Å². The van der Waals surface area contributed by atoms with Gasteiger partial charge < -0.3 is 4.98 Å². The molecule has 0 aromatic carbocycles. The van der Waals surface area contributed by atoms with Gasteiger partial charge in [0.2, 0.25) is 0 Å². The Morgan fingerprint density at radius 2 is 2.33 bits per heavy atom. The van der Waals surface area contributed by atoms with Crippen LogP contribution in [0.3, 0.4) is 0 Å². The summed E-state index contributed by atoms with van der Waals surface area (Å²) in [5.74, 6) is -0.291. The van der Waals surface area contributed by atoms with E-state index >= 15 is 0 Å². The minimum Gasteiger partial charge on any atom is -0.313 e. The van der Waals surface area contributed by atoms with E-state index in [1.54, 1.807) is 6.92 Å². The molecular weight excluding hydrogens is 156 g/mol. The minimum atomic E-state index is -0.299. The van der Waals surface area contributed by atoms with E-state index in [0.29, 0.717) is 5.69 Å². The highest BCUT2D eigenvalue weighted by Crippen LogP contribution is 2.09. The molecule has 0 amide bonds. The van der Waals surface area contributed by atoms with Gasteiger partial charge in [-0.15, -0.1) is 0 Å². The van der Waals surface area contributed by atoms with E-state index in [1.165, 1.54) is 19.3 Å². The first-order valence-corrected chi connectivity index (χ1v) is 3.66. The lowest BCUT2D eigenvalue weighted by Crippen LogP contribution is -2.12. The fraction of sp³-hybridized carbons (Fsp3) is 0.375. The number of carbonyl (C=O) groups is 1. The van der Waals surface area contributed by atoms with Crippen molar-refractivity contribution in [3.63, 3.8) is 0 Å². The molecular formula is C8H10N2O2. The van der Waals surface area contributed by atoms with Crippen molar-refractivity contribution in [2.75, 3.05) is 0 Å². The summed E-state index contributed by atoms with van der Waals surface area (Å²) in [5.41, 5.74) is 0.291. The van der Waals surface area contributed by atoms with Crippen molar-refractivity contribution in [3.05, 3.63) is 28.4 Å². The molecule has 0 aliphatic heterocycles. The quantitative estimate of drug-likeness (QED) is 0.694. The topological polar surface area (TPSA) is 62.8 Å². The van der Waals surface area contributed by atoms with Crippen molar-refractivity contribution >= 4 is 5.78 Å². The number of nitrogens with one attached hydrogen (secondary N) is 1. The lowest BCUT2D eigenvalue weighted by atomic mass is 10.0. The Balaban J connectivity index is 3.03. The Morgan fingerprint density at radius 3 is 2.83 bits per heavy atom. The van der Waals surface area contributed by atoms with Crippen LogP contribution in [0.1, 0.15) is 25.5 Å². The molecule has 64 valence electrons. The number of ketones is 1. The van der Waals surface area contributed by atoms with Gasteiger partial charge in [0.1, 0.15) is 5.78 Å². The highest BCUT2D eigenvalue weighted by Gasteiger charge is 2.11. The van der Waals surface area contributed by atoms with Crippen LogP contribution in [0.5, 0.6) is 0 Å². The Labute approximate surface area is 69.7 Å². The summed E-state index contributed by atoms with van der Waals surface area (Å²) >= 11 is 0. The van der Waals surface area contributed by atoms with Crippen molar-refractivity contribution in [1.29, 1.82) is 0 Å². The summed E-state index contributed by atoms with van der Waals surface area (Å²) in [5, 5.41) is 0. The minimum absolute atomic E-state index is 0.00750. The van der Waals surface area contributed by atoms with E-state index < -0.39 is 0 Å². The molecule has 1 aromatic rings. The molecule has 0 saturated heterocycles. The van der Waals surface area contributed by atoms with Gasteiger partial charge in [0, 0.05) is 6.07 Å². The standard InChI is InChI=1S/C8H10N2O2/c1-5(6(2)11)7-3-8(12)10-4-9-7/h3-5H,1-2H3,(H,9,10,12). The van der Waals surface area contributed by atoms with Crippen molar-refractivity contribution in [1.82, 2.24) is 9.97 Å². The molecule has 1 atom stereocenters. The maximum absolute atomic E-state index is 10.9. The van der Waals surface area contributed by atoms with Crippen LogP contribution >= 0.6 is 0 Å². The maximum Gasteiger partial charge on any atom is 0.250 e. The fourth-order valence-electron chi connectivity index (χ4n) is 0.829. The average Bonchev–Trinajstić information content (AvgIpc) is 2.03. The molecule has 1 rings (SSSR count). The number of Topliss-reactive ketones (excluding diaryl/α,β-unsaturated/α-hetero) is 1. The third kappa shape index (κ3) is 1.78. The van der Waals surface area contributed by atoms with Crippen LogP contribution in [0.4, 0.5) is 0 Å². The van der Waals surface area contributed by atoms with Crippen LogP contribution in [0.15, 0.2) is 17.2 Å². The number of rotatable bonds is 2. The molecule has 0 radical (unpaired) electrons. The number of H-pyrrole nitrogens is 1. The molecule has 4 heteroatoms. The monoisotopic (exact) mass is 166 g/mol. The number of hydrogen-bond acceptors (Lipinski definition) is 3. The van der Waals surface area contributed by atoms with Gasteiger partial charge in [0.05, 0.1) is 17.9 Å². The smallest absolute Gasteiger partial charge is 0.250 e. The predicted molar refractivity (Wildman–Crippen MR) is 44.0 cm³/mol. The average molecular weight is 166 g/mol. The number of aromatic nitrogens is 2. The Hall–Kier alpha value is -1.45. The van der Waals surface area contributed by atoms with Gasteiger partial charge in [-0.3, -0.25) is 9.59 Å². The number of hydrogen-bond donors (Lipinski definition) is 1. The highest BCUT2D eigenvalue weighted by molar-refractivity contribution is 5.82. The lowest BCUT2D eigenvalue weighted by molar-refractivity contribution is -0.118.